The summed E-state index contributed by atoms with van der Waals surface area (Å²) in [4.78, 5) is 0. The summed E-state index contributed by atoms with van der Waals surface area (Å²) in [7, 11) is 1.89. The van der Waals surface area contributed by atoms with Crippen molar-refractivity contribution < 1.29 is 9.47 Å². The van der Waals surface area contributed by atoms with Crippen molar-refractivity contribution in [1.82, 2.24) is 0 Å². The Kier molecular flexibility index (Phi) is 19.3. The molecule has 0 amide bonds. The second-order valence-electron chi connectivity index (χ2n) is 7.30. The lowest BCUT2D eigenvalue weighted by atomic mass is 9.72. The summed E-state index contributed by atoms with van der Waals surface area (Å²) >= 11 is 0. The average molecular weight is 371 g/mol. The van der Waals surface area contributed by atoms with Crippen molar-refractivity contribution in [2.75, 3.05) is 13.7 Å². The van der Waals surface area contributed by atoms with E-state index in [4.69, 9.17) is 9.47 Å². The van der Waals surface area contributed by atoms with Crippen LogP contribution in [0.15, 0.2) is 12.7 Å². The average Bonchev–Trinajstić information content (AvgIpc) is 2.68. The SMILES string of the molecule is C=CCC.CCCCCCCCC(CCC)(OC)C(CC)(CC)OCC. The van der Waals surface area contributed by atoms with Crippen molar-refractivity contribution >= 4 is 0 Å². The maximum absolute atomic E-state index is 6.31. The van der Waals surface area contributed by atoms with Gasteiger partial charge in [-0.25, -0.2) is 0 Å². The first-order chi connectivity index (χ1) is 12.5. The topological polar surface area (TPSA) is 18.5 Å². The van der Waals surface area contributed by atoms with E-state index in [0.717, 1.165) is 45.1 Å². The molecule has 0 fully saturated rings. The van der Waals surface area contributed by atoms with E-state index in [1.54, 1.807) is 0 Å². The molecule has 0 aromatic carbocycles. The number of hydrogen-bond donors (Lipinski definition) is 0. The van der Waals surface area contributed by atoms with E-state index < -0.39 is 0 Å². The van der Waals surface area contributed by atoms with Gasteiger partial charge in [-0.3, -0.25) is 0 Å². The van der Waals surface area contributed by atoms with E-state index in [9.17, 15) is 0 Å². The summed E-state index contributed by atoms with van der Waals surface area (Å²) < 4.78 is 12.5. The van der Waals surface area contributed by atoms with Crippen LogP contribution in [-0.4, -0.2) is 24.9 Å². The van der Waals surface area contributed by atoms with Crippen LogP contribution < -0.4 is 0 Å². The number of hydrogen-bond acceptors (Lipinski definition) is 2. The number of methoxy groups -OCH3 is 1. The molecule has 0 aliphatic rings. The summed E-state index contributed by atoms with van der Waals surface area (Å²) in [6.07, 6.45) is 16.4. The molecule has 0 rings (SSSR count). The summed E-state index contributed by atoms with van der Waals surface area (Å²) in [6, 6.07) is 0. The van der Waals surface area contributed by atoms with E-state index in [1.807, 2.05) is 13.2 Å². The Bertz CT molecular complexity index is 297. The highest BCUT2D eigenvalue weighted by Crippen LogP contribution is 2.43. The van der Waals surface area contributed by atoms with Gasteiger partial charge in [-0.15, -0.1) is 6.58 Å². The molecule has 2 heteroatoms. The van der Waals surface area contributed by atoms with Gasteiger partial charge in [0.25, 0.3) is 0 Å². The lowest BCUT2D eigenvalue weighted by Gasteiger charge is -2.49. The zero-order valence-corrected chi connectivity index (χ0v) is 19.3. The first kappa shape index (κ1) is 27.9. The molecule has 0 aliphatic heterocycles. The fraction of sp³-hybridized carbons (Fsp3) is 0.917. The van der Waals surface area contributed by atoms with Crippen LogP contribution >= 0.6 is 0 Å². The summed E-state index contributed by atoms with van der Waals surface area (Å²) in [6.45, 7) is 17.5. The molecule has 0 saturated heterocycles. The lowest BCUT2D eigenvalue weighted by molar-refractivity contribution is -0.207. The Labute approximate surface area is 166 Å². The van der Waals surface area contributed by atoms with Crippen LogP contribution in [0.3, 0.4) is 0 Å². The molecule has 0 aromatic rings. The van der Waals surface area contributed by atoms with Crippen LogP contribution in [0, 0.1) is 0 Å². The molecule has 1 unspecified atom stereocenters. The van der Waals surface area contributed by atoms with Gasteiger partial charge in [0.1, 0.15) is 0 Å². The van der Waals surface area contributed by atoms with Gasteiger partial charge >= 0.3 is 0 Å². The zero-order valence-electron chi connectivity index (χ0n) is 19.3. The van der Waals surface area contributed by atoms with E-state index in [-0.39, 0.29) is 11.2 Å². The molecule has 0 aromatic heterocycles. The molecule has 158 valence electrons. The predicted octanol–water partition coefficient (Wildman–Crippen LogP) is 8.10. The van der Waals surface area contributed by atoms with Gasteiger partial charge in [0.15, 0.2) is 0 Å². The van der Waals surface area contributed by atoms with Gasteiger partial charge in [-0.2, -0.15) is 0 Å². The Balaban J connectivity index is 0. The van der Waals surface area contributed by atoms with Gasteiger partial charge < -0.3 is 9.47 Å². The van der Waals surface area contributed by atoms with Crippen molar-refractivity contribution in [2.24, 2.45) is 0 Å². The first-order valence-electron chi connectivity index (χ1n) is 11.3. The lowest BCUT2D eigenvalue weighted by Crippen LogP contribution is -2.56. The zero-order chi connectivity index (χ0) is 20.3. The van der Waals surface area contributed by atoms with Crippen molar-refractivity contribution in [3.8, 4) is 0 Å². The van der Waals surface area contributed by atoms with Crippen LogP contribution in [-0.2, 0) is 9.47 Å². The van der Waals surface area contributed by atoms with Crippen molar-refractivity contribution in [2.45, 2.75) is 130 Å². The molecule has 1 atom stereocenters. The molecular weight excluding hydrogens is 320 g/mol. The predicted molar refractivity (Wildman–Crippen MR) is 118 cm³/mol. The van der Waals surface area contributed by atoms with Gasteiger partial charge in [0.05, 0.1) is 11.2 Å². The number of allylic oxidation sites excluding steroid dienone is 1. The van der Waals surface area contributed by atoms with E-state index in [0.29, 0.717) is 0 Å². The third-order valence-electron chi connectivity index (χ3n) is 5.66. The van der Waals surface area contributed by atoms with Crippen molar-refractivity contribution in [3.05, 3.63) is 12.7 Å². The second kappa shape index (κ2) is 18.0. The van der Waals surface area contributed by atoms with Gasteiger partial charge in [0, 0.05) is 13.7 Å². The van der Waals surface area contributed by atoms with Gasteiger partial charge in [0.2, 0.25) is 0 Å². The maximum atomic E-state index is 6.31. The molecule has 0 saturated carbocycles. The maximum Gasteiger partial charge on any atom is 0.0966 e. The Morgan fingerprint density at radius 3 is 1.65 bits per heavy atom. The molecule has 0 radical (unpaired) electrons. The fourth-order valence-corrected chi connectivity index (χ4v) is 4.07. The van der Waals surface area contributed by atoms with E-state index >= 15 is 0 Å². The summed E-state index contributed by atoms with van der Waals surface area (Å²) in [5.74, 6) is 0. The van der Waals surface area contributed by atoms with Crippen LogP contribution in [0.2, 0.25) is 0 Å². The molecule has 2 nitrogen and oxygen atoms in total. The fourth-order valence-electron chi connectivity index (χ4n) is 4.07. The molecule has 0 N–H and O–H groups in total. The summed E-state index contributed by atoms with van der Waals surface area (Å²) in [5, 5.41) is 0. The third kappa shape index (κ3) is 9.55. The number of rotatable bonds is 16. The first-order valence-corrected chi connectivity index (χ1v) is 11.3. The minimum Gasteiger partial charge on any atom is -0.375 e. The highest BCUT2D eigenvalue weighted by molar-refractivity contribution is 5.01. The molecule has 26 heavy (non-hydrogen) atoms. The van der Waals surface area contributed by atoms with Gasteiger partial charge in [-0.05, 0) is 39.0 Å². The molecule has 0 heterocycles. The Morgan fingerprint density at radius 1 is 0.731 bits per heavy atom. The van der Waals surface area contributed by atoms with Gasteiger partial charge in [-0.1, -0.05) is 85.6 Å². The Morgan fingerprint density at radius 2 is 1.27 bits per heavy atom. The minimum atomic E-state index is -0.129. The molecule has 0 bridgehead atoms. The van der Waals surface area contributed by atoms with Crippen molar-refractivity contribution in [1.29, 1.82) is 0 Å². The standard InChI is InChI=1S/C20H42O2.C4H8/c1-7-12-13-14-15-16-18-20(21-6,17-8-2)19(9-3,10-4)22-11-5;1-3-4-2/h7-18H2,1-6H3;3H,1,4H2,2H3. The summed E-state index contributed by atoms with van der Waals surface area (Å²) in [5.41, 5.74) is -0.248. The van der Waals surface area contributed by atoms with Crippen LogP contribution in [0.1, 0.15) is 119 Å². The van der Waals surface area contributed by atoms with Crippen LogP contribution in [0.5, 0.6) is 0 Å². The normalized spacial score (nSPS) is 13.7. The highest BCUT2D eigenvalue weighted by Gasteiger charge is 2.49. The van der Waals surface area contributed by atoms with Crippen LogP contribution in [0.4, 0.5) is 0 Å². The Hall–Kier alpha value is -0.340. The number of unbranched alkanes of at least 4 members (excludes halogenated alkanes) is 5. The third-order valence-corrected chi connectivity index (χ3v) is 5.66. The second-order valence-corrected chi connectivity index (χ2v) is 7.30. The van der Waals surface area contributed by atoms with Crippen LogP contribution in [0.25, 0.3) is 0 Å². The molecule has 0 spiro atoms. The van der Waals surface area contributed by atoms with E-state index in [2.05, 4.69) is 48.1 Å². The van der Waals surface area contributed by atoms with E-state index in [1.165, 1.54) is 38.5 Å². The highest BCUT2D eigenvalue weighted by atomic mass is 16.6. The monoisotopic (exact) mass is 370 g/mol. The largest absolute Gasteiger partial charge is 0.375 e. The smallest absolute Gasteiger partial charge is 0.0966 e. The molecular formula is C24H50O2. The number of ether oxygens (including phenoxy) is 2. The van der Waals surface area contributed by atoms with Crippen molar-refractivity contribution in [3.63, 3.8) is 0 Å². The molecule has 0 aliphatic carbocycles. The quantitative estimate of drug-likeness (QED) is 0.202. The minimum absolute atomic E-state index is 0.119.